The van der Waals surface area contributed by atoms with Crippen molar-refractivity contribution in [2.24, 2.45) is 0 Å². The lowest BCUT2D eigenvalue weighted by Crippen LogP contribution is -2.03. The van der Waals surface area contributed by atoms with Gasteiger partial charge in [-0.25, -0.2) is 13.6 Å². The van der Waals surface area contributed by atoms with Gasteiger partial charge in [0.2, 0.25) is 0 Å². The Morgan fingerprint density at radius 2 is 2.12 bits per heavy atom. The minimum atomic E-state index is -0.832. The zero-order chi connectivity index (χ0) is 12.8. The van der Waals surface area contributed by atoms with Crippen molar-refractivity contribution in [2.75, 3.05) is 6.61 Å². The second kappa shape index (κ2) is 5.98. The standard InChI is InChI=1S/C12H12F2O3/c1-3-16-12(15)6-8(2)17-11-5-4-9(13)7-10(11)14/h4-7H,3H2,1-2H3/b8-6-. The number of carbonyl (C=O) groups is 1. The summed E-state index contributed by atoms with van der Waals surface area (Å²) in [6.07, 6.45) is 1.09. The summed E-state index contributed by atoms with van der Waals surface area (Å²) in [4.78, 5) is 11.1. The number of allylic oxidation sites excluding steroid dienone is 1. The van der Waals surface area contributed by atoms with Crippen LogP contribution >= 0.6 is 0 Å². The molecule has 0 N–H and O–H groups in total. The van der Waals surface area contributed by atoms with E-state index in [1.54, 1.807) is 6.92 Å². The first kappa shape index (κ1) is 13.2. The number of hydrogen-bond donors (Lipinski definition) is 0. The molecule has 0 aliphatic heterocycles. The molecule has 0 saturated heterocycles. The van der Waals surface area contributed by atoms with Crippen molar-refractivity contribution in [2.45, 2.75) is 13.8 Å². The highest BCUT2D eigenvalue weighted by atomic mass is 19.1. The van der Waals surface area contributed by atoms with E-state index >= 15 is 0 Å². The average Bonchev–Trinajstić information content (AvgIpc) is 2.22. The molecule has 1 aromatic rings. The molecule has 0 aromatic heterocycles. The summed E-state index contributed by atoms with van der Waals surface area (Å²) in [5.41, 5.74) is 0. The molecule has 0 spiro atoms. The average molecular weight is 242 g/mol. The Kier molecular flexibility index (Phi) is 4.63. The van der Waals surface area contributed by atoms with E-state index in [9.17, 15) is 13.6 Å². The smallest absolute Gasteiger partial charge is 0.334 e. The first-order valence-corrected chi connectivity index (χ1v) is 5.01. The summed E-state index contributed by atoms with van der Waals surface area (Å²) in [6.45, 7) is 3.38. The third-order valence-electron chi connectivity index (χ3n) is 1.77. The minimum Gasteiger partial charge on any atom is -0.463 e. The molecule has 1 aromatic carbocycles. The maximum absolute atomic E-state index is 13.2. The highest BCUT2D eigenvalue weighted by Gasteiger charge is 2.06. The predicted octanol–water partition coefficient (Wildman–Crippen LogP) is 2.81. The maximum Gasteiger partial charge on any atom is 0.334 e. The second-order valence-electron chi connectivity index (χ2n) is 3.18. The van der Waals surface area contributed by atoms with Crippen molar-refractivity contribution in [1.82, 2.24) is 0 Å². The molecule has 0 saturated carbocycles. The molecule has 0 aliphatic carbocycles. The van der Waals surface area contributed by atoms with E-state index in [1.807, 2.05) is 0 Å². The maximum atomic E-state index is 13.2. The lowest BCUT2D eigenvalue weighted by molar-refractivity contribution is -0.137. The normalized spacial score (nSPS) is 11.2. The van der Waals surface area contributed by atoms with E-state index < -0.39 is 17.6 Å². The minimum absolute atomic E-state index is 0.149. The third kappa shape index (κ3) is 4.22. The van der Waals surface area contributed by atoms with Gasteiger partial charge in [0.1, 0.15) is 11.6 Å². The number of halogens is 2. The van der Waals surface area contributed by atoms with Crippen LogP contribution in [0.3, 0.4) is 0 Å². The van der Waals surface area contributed by atoms with Gasteiger partial charge in [0.05, 0.1) is 12.7 Å². The van der Waals surface area contributed by atoms with Crippen molar-refractivity contribution >= 4 is 5.97 Å². The van der Waals surface area contributed by atoms with Gasteiger partial charge in [-0.3, -0.25) is 0 Å². The van der Waals surface area contributed by atoms with Crippen LogP contribution in [0.25, 0.3) is 0 Å². The number of benzene rings is 1. The van der Waals surface area contributed by atoms with Crippen molar-refractivity contribution in [3.63, 3.8) is 0 Å². The largest absolute Gasteiger partial charge is 0.463 e. The number of ether oxygens (including phenoxy) is 2. The van der Waals surface area contributed by atoms with E-state index in [4.69, 9.17) is 4.74 Å². The molecule has 0 fully saturated rings. The molecule has 0 atom stereocenters. The summed E-state index contributed by atoms with van der Waals surface area (Å²) in [5.74, 6) is -2.09. The van der Waals surface area contributed by atoms with Gasteiger partial charge < -0.3 is 9.47 Å². The Bertz CT molecular complexity index is 441. The highest BCUT2D eigenvalue weighted by Crippen LogP contribution is 2.19. The van der Waals surface area contributed by atoms with E-state index in [0.717, 1.165) is 18.2 Å². The lowest BCUT2D eigenvalue weighted by atomic mass is 10.3. The van der Waals surface area contributed by atoms with Crippen LogP contribution < -0.4 is 4.74 Å². The number of esters is 1. The van der Waals surface area contributed by atoms with Crippen molar-refractivity contribution in [3.05, 3.63) is 41.7 Å². The number of carbonyl (C=O) groups excluding carboxylic acids is 1. The highest BCUT2D eigenvalue weighted by molar-refractivity contribution is 5.82. The molecule has 0 heterocycles. The van der Waals surface area contributed by atoms with E-state index in [2.05, 4.69) is 4.74 Å². The Hall–Kier alpha value is -1.91. The van der Waals surface area contributed by atoms with Gasteiger partial charge >= 0.3 is 5.97 Å². The van der Waals surface area contributed by atoms with Crippen LogP contribution in [-0.4, -0.2) is 12.6 Å². The van der Waals surface area contributed by atoms with Crippen molar-refractivity contribution < 1.29 is 23.0 Å². The van der Waals surface area contributed by atoms with E-state index in [0.29, 0.717) is 6.07 Å². The van der Waals surface area contributed by atoms with Crippen LogP contribution in [0.2, 0.25) is 0 Å². The first-order valence-electron chi connectivity index (χ1n) is 5.01. The zero-order valence-electron chi connectivity index (χ0n) is 9.50. The fraction of sp³-hybridized carbons (Fsp3) is 0.250. The summed E-state index contributed by atoms with van der Waals surface area (Å²) in [6, 6.07) is 2.91. The molecular weight excluding hydrogens is 230 g/mol. The van der Waals surface area contributed by atoms with Gasteiger partial charge in [0.15, 0.2) is 11.6 Å². The molecule has 0 bridgehead atoms. The van der Waals surface area contributed by atoms with Gasteiger partial charge in [-0.15, -0.1) is 0 Å². The third-order valence-corrected chi connectivity index (χ3v) is 1.77. The van der Waals surface area contributed by atoms with Crippen LogP contribution in [0.4, 0.5) is 8.78 Å². The molecule has 1 rings (SSSR count). The second-order valence-corrected chi connectivity index (χ2v) is 3.18. The van der Waals surface area contributed by atoms with E-state index in [-0.39, 0.29) is 18.1 Å². The number of hydrogen-bond acceptors (Lipinski definition) is 3. The topological polar surface area (TPSA) is 35.5 Å². The molecule has 17 heavy (non-hydrogen) atoms. The van der Waals surface area contributed by atoms with Crippen LogP contribution in [0, 0.1) is 11.6 Å². The molecule has 5 heteroatoms. The lowest BCUT2D eigenvalue weighted by Gasteiger charge is -2.06. The number of rotatable bonds is 4. The van der Waals surface area contributed by atoms with Crippen molar-refractivity contribution in [3.8, 4) is 5.75 Å². The molecule has 0 radical (unpaired) electrons. The van der Waals surface area contributed by atoms with Gasteiger partial charge in [-0.05, 0) is 26.0 Å². The summed E-state index contributed by atoms with van der Waals surface area (Å²) >= 11 is 0. The molecule has 0 unspecified atom stereocenters. The quantitative estimate of drug-likeness (QED) is 0.462. The summed E-state index contributed by atoms with van der Waals surface area (Å²) < 4.78 is 35.5. The van der Waals surface area contributed by atoms with Gasteiger partial charge in [0.25, 0.3) is 0 Å². The molecular formula is C12H12F2O3. The monoisotopic (exact) mass is 242 g/mol. The first-order chi connectivity index (χ1) is 8.02. The molecule has 3 nitrogen and oxygen atoms in total. The molecule has 0 amide bonds. The SMILES string of the molecule is CCOC(=O)/C=C(/C)Oc1ccc(F)cc1F. The fourth-order valence-electron chi connectivity index (χ4n) is 1.11. The Labute approximate surface area is 97.7 Å². The van der Waals surface area contributed by atoms with Gasteiger partial charge in [-0.1, -0.05) is 0 Å². The fourth-order valence-corrected chi connectivity index (χ4v) is 1.11. The summed E-state index contributed by atoms with van der Waals surface area (Å²) in [7, 11) is 0. The Morgan fingerprint density at radius 1 is 1.41 bits per heavy atom. The van der Waals surface area contributed by atoms with Gasteiger partial charge in [-0.2, -0.15) is 0 Å². The predicted molar refractivity (Wildman–Crippen MR) is 57.4 cm³/mol. The molecule has 92 valence electrons. The van der Waals surface area contributed by atoms with Crippen LogP contribution in [-0.2, 0) is 9.53 Å². The van der Waals surface area contributed by atoms with E-state index in [1.165, 1.54) is 6.92 Å². The zero-order valence-corrected chi connectivity index (χ0v) is 9.50. The summed E-state index contributed by atoms with van der Waals surface area (Å²) in [5, 5.41) is 0. The van der Waals surface area contributed by atoms with Gasteiger partial charge in [0, 0.05) is 6.07 Å². The van der Waals surface area contributed by atoms with Crippen LogP contribution in [0.15, 0.2) is 30.0 Å². The van der Waals surface area contributed by atoms with Crippen LogP contribution in [0.1, 0.15) is 13.8 Å². The van der Waals surface area contributed by atoms with Crippen LogP contribution in [0.5, 0.6) is 5.75 Å². The Morgan fingerprint density at radius 3 is 2.71 bits per heavy atom. The van der Waals surface area contributed by atoms with Crippen molar-refractivity contribution in [1.29, 1.82) is 0 Å². The Balaban J connectivity index is 2.74. The molecule has 0 aliphatic rings.